The maximum atomic E-state index is 13.4. The molecule has 0 saturated carbocycles. The standard InChI is InChI=1S/C50H49ClO5/c1-2-37-23-25-38(26-24-37)29-43-30-45(27-28-46(43)51)50(52)31-44(36-53-32-39-15-7-3-8-16-39)47(54-33-40-17-9-4-10-18-40)48(55-34-41-19-11-5-12-20-41)49(50)56-35-42-21-13-6-14-22-42/h3-28,30-31,47-49,52H,2,29,32-36H2,1H3/t47-,48+,49-,50-/m1/s1. The van der Waals surface area contributed by atoms with Crippen LogP contribution in [-0.4, -0.2) is 30.0 Å². The van der Waals surface area contributed by atoms with Crippen LogP contribution < -0.4 is 0 Å². The molecule has 1 aliphatic rings. The number of aliphatic hydroxyl groups is 1. The van der Waals surface area contributed by atoms with E-state index >= 15 is 0 Å². The Morgan fingerprint density at radius 2 is 1.04 bits per heavy atom. The lowest BCUT2D eigenvalue weighted by Gasteiger charge is -2.46. The van der Waals surface area contributed by atoms with Crippen LogP contribution in [0.15, 0.2) is 175 Å². The zero-order valence-corrected chi connectivity index (χ0v) is 32.6. The Balaban J connectivity index is 1.32. The normalized spacial score (nSPS) is 19.4. The SMILES string of the molecule is CCc1ccc(Cc2cc([C@]3(O)C=C(COCc4ccccc4)[C@@H](OCc4ccccc4)[C@H](OCc4ccccc4)[C@H]3OCc3ccccc3)ccc2Cl)cc1. The second kappa shape index (κ2) is 19.3. The second-order valence-corrected chi connectivity index (χ2v) is 14.8. The van der Waals surface area contributed by atoms with Crippen molar-refractivity contribution in [3.8, 4) is 0 Å². The van der Waals surface area contributed by atoms with E-state index in [0.29, 0.717) is 30.2 Å². The maximum absolute atomic E-state index is 13.4. The smallest absolute Gasteiger partial charge is 0.137 e. The molecule has 6 aromatic carbocycles. The van der Waals surface area contributed by atoms with Gasteiger partial charge in [-0.1, -0.05) is 176 Å². The summed E-state index contributed by atoms with van der Waals surface area (Å²) in [5, 5.41) is 14.0. The zero-order valence-electron chi connectivity index (χ0n) is 31.8. The molecular formula is C50H49ClO5. The highest BCUT2D eigenvalue weighted by Crippen LogP contribution is 2.42. The fourth-order valence-corrected chi connectivity index (χ4v) is 7.44. The van der Waals surface area contributed by atoms with Crippen LogP contribution in [0.3, 0.4) is 0 Å². The molecule has 5 nitrogen and oxygen atoms in total. The van der Waals surface area contributed by atoms with Crippen molar-refractivity contribution in [1.29, 1.82) is 0 Å². The first-order valence-electron chi connectivity index (χ1n) is 19.4. The molecule has 0 aliphatic heterocycles. The van der Waals surface area contributed by atoms with Crippen LogP contribution in [0.4, 0.5) is 0 Å². The summed E-state index contributed by atoms with van der Waals surface area (Å²) in [4.78, 5) is 0. The first-order chi connectivity index (χ1) is 27.5. The molecule has 1 N–H and O–H groups in total. The molecule has 0 aromatic heterocycles. The number of benzene rings is 6. The van der Waals surface area contributed by atoms with E-state index in [1.165, 1.54) is 5.56 Å². The van der Waals surface area contributed by atoms with Crippen molar-refractivity contribution in [2.24, 2.45) is 0 Å². The van der Waals surface area contributed by atoms with Crippen LogP contribution in [0.1, 0.15) is 51.4 Å². The largest absolute Gasteiger partial charge is 0.378 e. The van der Waals surface area contributed by atoms with Gasteiger partial charge in [-0.3, -0.25) is 0 Å². The Labute approximate surface area is 336 Å². The minimum Gasteiger partial charge on any atom is -0.378 e. The minimum absolute atomic E-state index is 0.206. The third-order valence-corrected chi connectivity index (χ3v) is 10.7. The quantitative estimate of drug-likeness (QED) is 0.0938. The van der Waals surface area contributed by atoms with Crippen LogP contribution in [0.2, 0.25) is 5.02 Å². The van der Waals surface area contributed by atoms with Crippen LogP contribution in [0.5, 0.6) is 0 Å². The van der Waals surface area contributed by atoms with Gasteiger partial charge in [0.1, 0.15) is 23.9 Å². The van der Waals surface area contributed by atoms with Crippen molar-refractivity contribution in [3.05, 3.63) is 225 Å². The molecule has 286 valence electrons. The monoisotopic (exact) mass is 764 g/mol. The number of aryl methyl sites for hydroxylation is 1. The van der Waals surface area contributed by atoms with Gasteiger partial charge < -0.3 is 24.1 Å². The molecule has 0 saturated heterocycles. The third kappa shape index (κ3) is 10.1. The zero-order chi connectivity index (χ0) is 38.6. The van der Waals surface area contributed by atoms with E-state index < -0.39 is 23.9 Å². The molecule has 6 heteroatoms. The van der Waals surface area contributed by atoms with Gasteiger partial charge >= 0.3 is 0 Å². The lowest BCUT2D eigenvalue weighted by atomic mass is 9.75. The average Bonchev–Trinajstić information content (AvgIpc) is 3.24. The van der Waals surface area contributed by atoms with Crippen LogP contribution >= 0.6 is 11.6 Å². The molecule has 4 atom stereocenters. The molecule has 56 heavy (non-hydrogen) atoms. The van der Waals surface area contributed by atoms with Gasteiger partial charge in [0.2, 0.25) is 0 Å². The summed E-state index contributed by atoms with van der Waals surface area (Å²) in [6.45, 7) is 3.63. The highest BCUT2D eigenvalue weighted by atomic mass is 35.5. The summed E-state index contributed by atoms with van der Waals surface area (Å²) in [6, 6.07) is 54.6. The highest BCUT2D eigenvalue weighted by Gasteiger charge is 2.52. The van der Waals surface area contributed by atoms with Gasteiger partial charge in [-0.15, -0.1) is 0 Å². The molecule has 0 heterocycles. The molecular weight excluding hydrogens is 716 g/mol. The highest BCUT2D eigenvalue weighted by molar-refractivity contribution is 6.31. The van der Waals surface area contributed by atoms with E-state index in [0.717, 1.165) is 45.4 Å². The number of hydrogen-bond donors (Lipinski definition) is 1. The first-order valence-corrected chi connectivity index (χ1v) is 19.8. The van der Waals surface area contributed by atoms with Crippen molar-refractivity contribution in [1.82, 2.24) is 0 Å². The summed E-state index contributed by atoms with van der Waals surface area (Å²) in [5.74, 6) is 0. The summed E-state index contributed by atoms with van der Waals surface area (Å²) in [5.41, 5.74) is 7.14. The van der Waals surface area contributed by atoms with Crippen molar-refractivity contribution < 1.29 is 24.1 Å². The lowest BCUT2D eigenvalue weighted by molar-refractivity contribution is -0.204. The van der Waals surface area contributed by atoms with Gasteiger partial charge in [-0.2, -0.15) is 0 Å². The van der Waals surface area contributed by atoms with Crippen LogP contribution in [0, 0.1) is 0 Å². The Kier molecular flexibility index (Phi) is 13.6. The number of halogens is 1. The Morgan fingerprint density at radius 1 is 0.536 bits per heavy atom. The molecule has 1 aliphatic carbocycles. The van der Waals surface area contributed by atoms with Gasteiger partial charge in [-0.05, 0) is 75.1 Å². The molecule has 7 rings (SSSR count). The Bertz CT molecular complexity index is 2120. The predicted octanol–water partition coefficient (Wildman–Crippen LogP) is 10.6. The molecule has 0 unspecified atom stereocenters. The van der Waals surface area contributed by atoms with Gasteiger partial charge in [0, 0.05) is 5.02 Å². The predicted molar refractivity (Wildman–Crippen MR) is 223 cm³/mol. The molecule has 0 amide bonds. The van der Waals surface area contributed by atoms with E-state index in [9.17, 15) is 5.11 Å². The molecule has 0 bridgehead atoms. The van der Waals surface area contributed by atoms with Crippen LogP contribution in [0.25, 0.3) is 0 Å². The van der Waals surface area contributed by atoms with Crippen LogP contribution in [-0.2, 0) is 63.8 Å². The summed E-state index contributed by atoms with van der Waals surface area (Å²) in [6.07, 6.45) is 1.22. The van der Waals surface area contributed by atoms with E-state index in [2.05, 4.69) is 31.2 Å². The molecule has 0 spiro atoms. The Morgan fingerprint density at radius 3 is 1.59 bits per heavy atom. The minimum atomic E-state index is -1.65. The average molecular weight is 765 g/mol. The molecule has 0 fully saturated rings. The van der Waals surface area contributed by atoms with Crippen molar-refractivity contribution in [3.63, 3.8) is 0 Å². The number of hydrogen-bond acceptors (Lipinski definition) is 5. The fourth-order valence-electron chi connectivity index (χ4n) is 7.26. The van der Waals surface area contributed by atoms with E-state index in [-0.39, 0.29) is 19.8 Å². The van der Waals surface area contributed by atoms with Gasteiger partial charge in [0.05, 0.1) is 33.0 Å². The summed E-state index contributed by atoms with van der Waals surface area (Å²) < 4.78 is 27.1. The van der Waals surface area contributed by atoms with E-state index in [4.69, 9.17) is 30.5 Å². The van der Waals surface area contributed by atoms with Gasteiger partial charge in [-0.25, -0.2) is 0 Å². The van der Waals surface area contributed by atoms with E-state index in [1.54, 1.807) is 0 Å². The molecule has 0 radical (unpaired) electrons. The van der Waals surface area contributed by atoms with Crippen molar-refractivity contribution in [2.75, 3.05) is 6.61 Å². The van der Waals surface area contributed by atoms with E-state index in [1.807, 2.05) is 146 Å². The third-order valence-electron chi connectivity index (χ3n) is 10.3. The fraction of sp³-hybridized carbons (Fsp3) is 0.240. The number of ether oxygens (including phenoxy) is 4. The van der Waals surface area contributed by atoms with Crippen molar-refractivity contribution >= 4 is 11.6 Å². The summed E-state index contributed by atoms with van der Waals surface area (Å²) >= 11 is 6.90. The number of rotatable bonds is 17. The summed E-state index contributed by atoms with van der Waals surface area (Å²) in [7, 11) is 0. The second-order valence-electron chi connectivity index (χ2n) is 14.4. The van der Waals surface area contributed by atoms with Gasteiger partial charge in [0.25, 0.3) is 0 Å². The first kappa shape index (κ1) is 39.4. The molecule has 6 aromatic rings. The van der Waals surface area contributed by atoms with Gasteiger partial charge in [0.15, 0.2) is 0 Å². The Hall–Kier alpha value is -4.85. The van der Waals surface area contributed by atoms with Crippen molar-refractivity contribution in [2.45, 2.75) is 70.1 Å². The maximum Gasteiger partial charge on any atom is 0.137 e. The topological polar surface area (TPSA) is 57.2 Å². The lowest BCUT2D eigenvalue weighted by Crippen LogP contribution is -2.57.